The van der Waals surface area contributed by atoms with Crippen molar-refractivity contribution in [3.05, 3.63) is 47.5 Å². The van der Waals surface area contributed by atoms with Crippen LogP contribution < -0.4 is 5.32 Å². The summed E-state index contributed by atoms with van der Waals surface area (Å²) in [5.74, 6) is 0.902. The van der Waals surface area contributed by atoms with Crippen LogP contribution >= 0.6 is 0 Å². The molecule has 2 rings (SSSR count). The number of phenols is 1. The molecule has 0 saturated carbocycles. The summed E-state index contributed by atoms with van der Waals surface area (Å²) in [6.45, 7) is 2.31. The van der Waals surface area contributed by atoms with Crippen LogP contribution in [0, 0.1) is 6.92 Å². The van der Waals surface area contributed by atoms with Gasteiger partial charge in [-0.2, -0.15) is 0 Å². The van der Waals surface area contributed by atoms with Gasteiger partial charge in [0.25, 0.3) is 5.91 Å². The number of aromatic nitrogens is 2. The van der Waals surface area contributed by atoms with Gasteiger partial charge in [0.1, 0.15) is 11.6 Å². The average molecular weight is 259 g/mol. The fourth-order valence-corrected chi connectivity index (χ4v) is 1.86. The van der Waals surface area contributed by atoms with Crippen LogP contribution in [0.4, 0.5) is 0 Å². The van der Waals surface area contributed by atoms with Crippen molar-refractivity contribution in [2.24, 2.45) is 0 Å². The van der Waals surface area contributed by atoms with E-state index < -0.39 is 0 Å². The van der Waals surface area contributed by atoms with Gasteiger partial charge in [-0.05, 0) is 25.5 Å². The lowest BCUT2D eigenvalue weighted by atomic mass is 10.1. The molecule has 1 aromatic carbocycles. The Labute approximate surface area is 111 Å². The van der Waals surface area contributed by atoms with Crippen molar-refractivity contribution in [2.45, 2.75) is 19.8 Å². The highest BCUT2D eigenvalue weighted by Crippen LogP contribution is 2.19. The SMILES string of the molecule is Cc1c(O)cccc1C(=O)NCCCc1ncc[nH]1. The topological polar surface area (TPSA) is 78.0 Å². The summed E-state index contributed by atoms with van der Waals surface area (Å²) in [5, 5.41) is 12.4. The van der Waals surface area contributed by atoms with Crippen molar-refractivity contribution in [1.82, 2.24) is 15.3 Å². The van der Waals surface area contributed by atoms with Crippen LogP contribution in [0.1, 0.15) is 28.2 Å². The number of amides is 1. The smallest absolute Gasteiger partial charge is 0.251 e. The molecular weight excluding hydrogens is 242 g/mol. The number of hydrogen-bond acceptors (Lipinski definition) is 3. The highest BCUT2D eigenvalue weighted by Gasteiger charge is 2.10. The highest BCUT2D eigenvalue weighted by atomic mass is 16.3. The number of aromatic amines is 1. The Balaban J connectivity index is 1.83. The molecular formula is C14H17N3O2. The van der Waals surface area contributed by atoms with Gasteiger partial charge >= 0.3 is 0 Å². The van der Waals surface area contributed by atoms with Gasteiger partial charge in [0, 0.05) is 36.5 Å². The summed E-state index contributed by atoms with van der Waals surface area (Å²) in [5.41, 5.74) is 1.11. The lowest BCUT2D eigenvalue weighted by Crippen LogP contribution is -2.25. The van der Waals surface area contributed by atoms with Crippen molar-refractivity contribution < 1.29 is 9.90 Å². The summed E-state index contributed by atoms with van der Waals surface area (Å²) in [7, 11) is 0. The van der Waals surface area contributed by atoms with Crippen LogP contribution in [0.5, 0.6) is 5.75 Å². The van der Waals surface area contributed by atoms with E-state index in [2.05, 4.69) is 15.3 Å². The Kier molecular flexibility index (Phi) is 4.18. The van der Waals surface area contributed by atoms with Gasteiger partial charge in [0.15, 0.2) is 0 Å². The van der Waals surface area contributed by atoms with Crippen LogP contribution in [0.2, 0.25) is 0 Å². The Morgan fingerprint density at radius 3 is 3.05 bits per heavy atom. The minimum atomic E-state index is -0.159. The molecule has 1 amide bonds. The predicted octanol–water partition coefficient (Wildman–Crippen LogP) is 1.79. The minimum Gasteiger partial charge on any atom is -0.508 e. The first-order valence-electron chi connectivity index (χ1n) is 6.23. The third-order valence-corrected chi connectivity index (χ3v) is 2.98. The van der Waals surface area contributed by atoms with E-state index in [1.807, 2.05) is 0 Å². The van der Waals surface area contributed by atoms with Crippen LogP contribution in [0.15, 0.2) is 30.6 Å². The molecule has 2 aromatic rings. The molecule has 0 fully saturated rings. The highest BCUT2D eigenvalue weighted by molar-refractivity contribution is 5.96. The summed E-state index contributed by atoms with van der Waals surface area (Å²) >= 11 is 0. The number of phenolic OH excluding ortho intramolecular Hbond substituents is 1. The summed E-state index contributed by atoms with van der Waals surface area (Å²) < 4.78 is 0. The zero-order valence-electron chi connectivity index (χ0n) is 10.8. The molecule has 0 aliphatic heterocycles. The van der Waals surface area contributed by atoms with E-state index in [9.17, 15) is 9.90 Å². The molecule has 0 saturated heterocycles. The maximum Gasteiger partial charge on any atom is 0.251 e. The fourth-order valence-electron chi connectivity index (χ4n) is 1.86. The number of aromatic hydroxyl groups is 1. The number of aryl methyl sites for hydroxylation is 1. The molecule has 0 aliphatic carbocycles. The van der Waals surface area contributed by atoms with Crippen molar-refractivity contribution in [3.63, 3.8) is 0 Å². The van der Waals surface area contributed by atoms with E-state index in [1.54, 1.807) is 37.5 Å². The number of benzene rings is 1. The number of H-pyrrole nitrogens is 1. The number of imidazole rings is 1. The number of hydrogen-bond donors (Lipinski definition) is 3. The average Bonchev–Trinajstić information content (AvgIpc) is 2.91. The molecule has 5 heteroatoms. The Morgan fingerprint density at radius 2 is 2.32 bits per heavy atom. The standard InChI is InChI=1S/C14H17N3O2/c1-10-11(4-2-5-12(10)18)14(19)17-7-3-6-13-15-8-9-16-13/h2,4-5,8-9,18H,3,6-7H2,1H3,(H,15,16)(H,17,19). The monoisotopic (exact) mass is 259 g/mol. The van der Waals surface area contributed by atoms with E-state index in [4.69, 9.17) is 0 Å². The van der Waals surface area contributed by atoms with Crippen LogP contribution in [-0.4, -0.2) is 27.5 Å². The van der Waals surface area contributed by atoms with Crippen LogP contribution in [0.3, 0.4) is 0 Å². The van der Waals surface area contributed by atoms with Crippen molar-refractivity contribution >= 4 is 5.91 Å². The zero-order chi connectivity index (χ0) is 13.7. The lowest BCUT2D eigenvalue weighted by Gasteiger charge is -2.08. The molecule has 0 aliphatic rings. The van der Waals surface area contributed by atoms with Gasteiger partial charge in [-0.1, -0.05) is 6.07 Å². The number of nitrogens with zero attached hydrogens (tertiary/aromatic N) is 1. The molecule has 5 nitrogen and oxygen atoms in total. The maximum atomic E-state index is 11.9. The van der Waals surface area contributed by atoms with E-state index in [1.165, 1.54) is 0 Å². The van der Waals surface area contributed by atoms with E-state index in [-0.39, 0.29) is 11.7 Å². The zero-order valence-corrected chi connectivity index (χ0v) is 10.8. The number of rotatable bonds is 5. The minimum absolute atomic E-state index is 0.142. The summed E-state index contributed by atoms with van der Waals surface area (Å²) in [6, 6.07) is 4.94. The second-order valence-electron chi connectivity index (χ2n) is 4.35. The Bertz CT molecular complexity index is 550. The lowest BCUT2D eigenvalue weighted by molar-refractivity contribution is 0.0952. The van der Waals surface area contributed by atoms with Gasteiger partial charge < -0.3 is 15.4 Å². The van der Waals surface area contributed by atoms with Gasteiger partial charge in [-0.15, -0.1) is 0 Å². The number of nitrogens with one attached hydrogen (secondary N) is 2. The molecule has 1 aromatic heterocycles. The Hall–Kier alpha value is -2.30. The third-order valence-electron chi connectivity index (χ3n) is 2.98. The largest absolute Gasteiger partial charge is 0.508 e. The van der Waals surface area contributed by atoms with E-state index in [0.29, 0.717) is 17.7 Å². The molecule has 19 heavy (non-hydrogen) atoms. The molecule has 100 valence electrons. The number of carbonyl (C=O) groups excluding carboxylic acids is 1. The third kappa shape index (κ3) is 3.34. The van der Waals surface area contributed by atoms with Crippen LogP contribution in [-0.2, 0) is 6.42 Å². The Morgan fingerprint density at radius 1 is 1.47 bits per heavy atom. The normalized spacial score (nSPS) is 10.4. The van der Waals surface area contributed by atoms with E-state index >= 15 is 0 Å². The molecule has 1 heterocycles. The second kappa shape index (κ2) is 6.04. The number of carbonyl (C=O) groups is 1. The molecule has 0 atom stereocenters. The first-order chi connectivity index (χ1) is 9.18. The molecule has 0 bridgehead atoms. The summed E-state index contributed by atoms with van der Waals surface area (Å²) in [4.78, 5) is 19.1. The first-order valence-corrected chi connectivity index (χ1v) is 6.23. The van der Waals surface area contributed by atoms with Crippen LogP contribution in [0.25, 0.3) is 0 Å². The second-order valence-corrected chi connectivity index (χ2v) is 4.35. The van der Waals surface area contributed by atoms with Gasteiger partial charge in [-0.25, -0.2) is 4.98 Å². The van der Waals surface area contributed by atoms with E-state index in [0.717, 1.165) is 18.7 Å². The maximum absolute atomic E-state index is 11.9. The molecule has 0 radical (unpaired) electrons. The first kappa shape index (κ1) is 13.1. The summed E-state index contributed by atoms with van der Waals surface area (Å²) in [6.07, 6.45) is 5.11. The van der Waals surface area contributed by atoms with Crippen molar-refractivity contribution in [3.8, 4) is 5.75 Å². The van der Waals surface area contributed by atoms with Gasteiger partial charge in [-0.3, -0.25) is 4.79 Å². The molecule has 0 spiro atoms. The van der Waals surface area contributed by atoms with Crippen molar-refractivity contribution in [2.75, 3.05) is 6.54 Å². The van der Waals surface area contributed by atoms with Crippen molar-refractivity contribution in [1.29, 1.82) is 0 Å². The van der Waals surface area contributed by atoms with Gasteiger partial charge in [0.2, 0.25) is 0 Å². The molecule has 0 unspecified atom stereocenters. The quantitative estimate of drug-likeness (QED) is 0.716. The molecule has 3 N–H and O–H groups in total. The predicted molar refractivity (Wildman–Crippen MR) is 72.1 cm³/mol. The van der Waals surface area contributed by atoms with Gasteiger partial charge in [0.05, 0.1) is 0 Å². The fraction of sp³-hybridized carbons (Fsp3) is 0.286.